The number of nitrogens with zero attached hydrogens (tertiary/aromatic N) is 2. The van der Waals surface area contributed by atoms with E-state index in [2.05, 4.69) is 58.5 Å². The van der Waals surface area contributed by atoms with Crippen LogP contribution in [0.3, 0.4) is 0 Å². The Kier molecular flexibility index (Phi) is 4.53. The molecule has 0 saturated carbocycles. The van der Waals surface area contributed by atoms with E-state index in [0.29, 0.717) is 0 Å². The van der Waals surface area contributed by atoms with Crippen molar-refractivity contribution in [3.8, 4) is 0 Å². The molecule has 0 radical (unpaired) electrons. The highest BCUT2D eigenvalue weighted by Crippen LogP contribution is 2.22. The summed E-state index contributed by atoms with van der Waals surface area (Å²) in [5, 5.41) is 3.12. The maximum Gasteiger partial charge on any atom is 0.132 e. The smallest absolute Gasteiger partial charge is 0.132 e. The van der Waals surface area contributed by atoms with Crippen LogP contribution in [-0.2, 0) is 13.0 Å². The van der Waals surface area contributed by atoms with Crippen molar-refractivity contribution in [2.75, 3.05) is 19.0 Å². The topological polar surface area (TPSA) is 28.2 Å². The Labute approximate surface area is 115 Å². The molecule has 0 aliphatic heterocycles. The second-order valence-electron chi connectivity index (χ2n) is 4.63. The Morgan fingerprint density at radius 3 is 2.26 bits per heavy atom. The molecule has 1 aromatic carbocycles. The summed E-state index contributed by atoms with van der Waals surface area (Å²) in [6, 6.07) is 12.8. The van der Waals surface area contributed by atoms with Gasteiger partial charge in [-0.3, -0.25) is 0 Å². The maximum atomic E-state index is 4.50. The van der Waals surface area contributed by atoms with Gasteiger partial charge in [0.25, 0.3) is 0 Å². The molecule has 2 rings (SSSR count). The van der Waals surface area contributed by atoms with E-state index in [4.69, 9.17) is 0 Å². The molecule has 0 bridgehead atoms. The molecule has 0 amide bonds. The van der Waals surface area contributed by atoms with Gasteiger partial charge < -0.3 is 10.2 Å². The van der Waals surface area contributed by atoms with Gasteiger partial charge in [0.2, 0.25) is 0 Å². The fourth-order valence-corrected chi connectivity index (χ4v) is 2.01. The van der Waals surface area contributed by atoms with Crippen LogP contribution in [-0.4, -0.2) is 19.1 Å². The van der Waals surface area contributed by atoms with Crippen LogP contribution in [0.4, 0.5) is 11.5 Å². The van der Waals surface area contributed by atoms with Crippen molar-refractivity contribution < 1.29 is 0 Å². The first kappa shape index (κ1) is 13.6. The van der Waals surface area contributed by atoms with Crippen molar-refractivity contribution in [3.63, 3.8) is 0 Å². The quantitative estimate of drug-likeness (QED) is 0.889. The van der Waals surface area contributed by atoms with Gasteiger partial charge in [0.05, 0.1) is 0 Å². The van der Waals surface area contributed by atoms with E-state index >= 15 is 0 Å². The van der Waals surface area contributed by atoms with Gasteiger partial charge in [-0.05, 0) is 42.8 Å². The molecule has 0 spiro atoms. The standard InChI is InChI=1S/C16H21N3/c1-4-13-5-8-15(9-6-13)19(3)16-10-7-14(11-17-2)12-18-16/h5-10,12,17H,4,11H2,1-3H3. The molecule has 1 heterocycles. The van der Waals surface area contributed by atoms with Gasteiger partial charge >= 0.3 is 0 Å². The first-order chi connectivity index (χ1) is 9.24. The molecule has 0 atom stereocenters. The van der Waals surface area contributed by atoms with E-state index in [1.54, 1.807) is 0 Å². The normalized spacial score (nSPS) is 10.5. The van der Waals surface area contributed by atoms with Gasteiger partial charge in [0.1, 0.15) is 5.82 Å². The number of benzene rings is 1. The summed E-state index contributed by atoms with van der Waals surface area (Å²) in [4.78, 5) is 6.60. The van der Waals surface area contributed by atoms with Crippen molar-refractivity contribution in [1.29, 1.82) is 0 Å². The van der Waals surface area contributed by atoms with Gasteiger partial charge in [-0.15, -0.1) is 0 Å². The maximum absolute atomic E-state index is 4.50. The third kappa shape index (κ3) is 3.32. The molecule has 0 aliphatic carbocycles. The van der Waals surface area contributed by atoms with Crippen molar-refractivity contribution in [3.05, 3.63) is 53.7 Å². The number of nitrogens with one attached hydrogen (secondary N) is 1. The minimum absolute atomic E-state index is 0.849. The predicted molar refractivity (Wildman–Crippen MR) is 80.9 cm³/mol. The number of aryl methyl sites for hydroxylation is 1. The molecule has 0 unspecified atom stereocenters. The fourth-order valence-electron chi connectivity index (χ4n) is 2.01. The SMILES string of the molecule is CCc1ccc(N(C)c2ccc(CNC)cn2)cc1. The lowest BCUT2D eigenvalue weighted by Gasteiger charge is -2.18. The summed E-state index contributed by atoms with van der Waals surface area (Å²) in [7, 11) is 3.98. The lowest BCUT2D eigenvalue weighted by Crippen LogP contribution is -2.12. The summed E-state index contributed by atoms with van der Waals surface area (Å²) < 4.78 is 0. The molecule has 2 aromatic rings. The average molecular weight is 255 g/mol. The molecule has 19 heavy (non-hydrogen) atoms. The van der Waals surface area contributed by atoms with E-state index in [0.717, 1.165) is 24.5 Å². The van der Waals surface area contributed by atoms with Crippen LogP contribution in [0.25, 0.3) is 0 Å². The van der Waals surface area contributed by atoms with Crippen LogP contribution in [0.15, 0.2) is 42.6 Å². The van der Waals surface area contributed by atoms with Crippen LogP contribution < -0.4 is 10.2 Å². The minimum Gasteiger partial charge on any atom is -0.329 e. The van der Waals surface area contributed by atoms with Crippen LogP contribution in [0.1, 0.15) is 18.1 Å². The zero-order chi connectivity index (χ0) is 13.7. The van der Waals surface area contributed by atoms with E-state index in [-0.39, 0.29) is 0 Å². The van der Waals surface area contributed by atoms with Crippen molar-refractivity contribution in [1.82, 2.24) is 10.3 Å². The Morgan fingerprint density at radius 2 is 1.74 bits per heavy atom. The van der Waals surface area contributed by atoms with E-state index in [9.17, 15) is 0 Å². The highest BCUT2D eigenvalue weighted by molar-refractivity contribution is 5.59. The molecular formula is C16H21N3. The monoisotopic (exact) mass is 255 g/mol. The highest BCUT2D eigenvalue weighted by atomic mass is 15.2. The highest BCUT2D eigenvalue weighted by Gasteiger charge is 2.05. The molecular weight excluding hydrogens is 234 g/mol. The lowest BCUT2D eigenvalue weighted by molar-refractivity contribution is 0.813. The predicted octanol–water partition coefficient (Wildman–Crippen LogP) is 3.13. The molecule has 0 aliphatic rings. The van der Waals surface area contributed by atoms with Crippen LogP contribution in [0.2, 0.25) is 0 Å². The number of aromatic nitrogens is 1. The first-order valence-electron chi connectivity index (χ1n) is 6.66. The summed E-state index contributed by atoms with van der Waals surface area (Å²) in [5.41, 5.74) is 3.71. The Hall–Kier alpha value is -1.87. The Morgan fingerprint density at radius 1 is 1.05 bits per heavy atom. The molecule has 0 fully saturated rings. The fraction of sp³-hybridized carbons (Fsp3) is 0.312. The van der Waals surface area contributed by atoms with Crippen LogP contribution in [0, 0.1) is 0 Å². The van der Waals surface area contributed by atoms with Gasteiger partial charge in [0.15, 0.2) is 0 Å². The average Bonchev–Trinajstić information content (AvgIpc) is 2.48. The van der Waals surface area contributed by atoms with Gasteiger partial charge in [-0.1, -0.05) is 25.1 Å². The lowest BCUT2D eigenvalue weighted by atomic mass is 10.1. The zero-order valence-corrected chi connectivity index (χ0v) is 11.9. The number of hydrogen-bond acceptors (Lipinski definition) is 3. The summed E-state index contributed by atoms with van der Waals surface area (Å²) in [5.74, 6) is 0.962. The van der Waals surface area contributed by atoms with E-state index in [1.165, 1.54) is 11.1 Å². The number of rotatable bonds is 5. The molecule has 1 N–H and O–H groups in total. The number of hydrogen-bond donors (Lipinski definition) is 1. The van der Waals surface area contributed by atoms with Crippen molar-refractivity contribution in [2.24, 2.45) is 0 Å². The molecule has 3 nitrogen and oxygen atoms in total. The van der Waals surface area contributed by atoms with Crippen molar-refractivity contribution >= 4 is 11.5 Å². The van der Waals surface area contributed by atoms with Crippen molar-refractivity contribution in [2.45, 2.75) is 19.9 Å². The van der Waals surface area contributed by atoms with Crippen LogP contribution in [0.5, 0.6) is 0 Å². The number of anilines is 2. The third-order valence-electron chi connectivity index (χ3n) is 3.27. The molecule has 1 aromatic heterocycles. The van der Waals surface area contributed by atoms with Gasteiger partial charge in [0, 0.05) is 25.5 Å². The first-order valence-corrected chi connectivity index (χ1v) is 6.66. The summed E-state index contributed by atoms with van der Waals surface area (Å²) in [6.45, 7) is 3.02. The number of pyridine rings is 1. The summed E-state index contributed by atoms with van der Waals surface area (Å²) in [6.07, 6.45) is 2.99. The second-order valence-corrected chi connectivity index (χ2v) is 4.63. The minimum atomic E-state index is 0.849. The third-order valence-corrected chi connectivity index (χ3v) is 3.27. The second kappa shape index (κ2) is 6.34. The van der Waals surface area contributed by atoms with Gasteiger partial charge in [-0.25, -0.2) is 4.98 Å². The molecule has 100 valence electrons. The van der Waals surface area contributed by atoms with Gasteiger partial charge in [-0.2, -0.15) is 0 Å². The Balaban J connectivity index is 2.15. The van der Waals surface area contributed by atoms with Crippen LogP contribution >= 0.6 is 0 Å². The molecule has 3 heteroatoms. The molecule has 0 saturated heterocycles. The summed E-state index contributed by atoms with van der Waals surface area (Å²) >= 11 is 0. The zero-order valence-electron chi connectivity index (χ0n) is 11.9. The largest absolute Gasteiger partial charge is 0.329 e. The Bertz CT molecular complexity index is 503. The van der Waals surface area contributed by atoms with E-state index in [1.807, 2.05) is 20.3 Å². The van der Waals surface area contributed by atoms with E-state index < -0.39 is 0 Å².